The van der Waals surface area contributed by atoms with Gasteiger partial charge in [-0.05, 0) is 42.0 Å². The summed E-state index contributed by atoms with van der Waals surface area (Å²) in [5.41, 5.74) is 0.650. The van der Waals surface area contributed by atoms with Gasteiger partial charge in [-0.1, -0.05) is 29.8 Å². The predicted octanol–water partition coefficient (Wildman–Crippen LogP) is 6.08. The van der Waals surface area contributed by atoms with Gasteiger partial charge in [0.1, 0.15) is 17.4 Å². The van der Waals surface area contributed by atoms with Crippen molar-refractivity contribution in [1.29, 1.82) is 5.26 Å². The van der Waals surface area contributed by atoms with Crippen molar-refractivity contribution < 1.29 is 17.9 Å². The first-order valence-electron chi connectivity index (χ1n) is 7.38. The summed E-state index contributed by atoms with van der Waals surface area (Å²) in [6, 6.07) is 14.9. The van der Waals surface area contributed by atoms with Gasteiger partial charge in [-0.25, -0.2) is 4.98 Å². The molecule has 0 aliphatic rings. The fourth-order valence-electron chi connectivity index (χ4n) is 2.29. The molecule has 0 N–H and O–H groups in total. The van der Waals surface area contributed by atoms with Gasteiger partial charge in [-0.15, -0.1) is 0 Å². The van der Waals surface area contributed by atoms with E-state index in [2.05, 4.69) is 4.98 Å². The molecule has 0 unspecified atom stereocenters. The van der Waals surface area contributed by atoms with Gasteiger partial charge in [0.25, 0.3) is 0 Å². The second-order valence-corrected chi connectivity index (χ2v) is 5.76. The van der Waals surface area contributed by atoms with E-state index in [4.69, 9.17) is 16.3 Å². The van der Waals surface area contributed by atoms with Crippen LogP contribution in [0.4, 0.5) is 13.2 Å². The molecule has 3 rings (SSSR count). The van der Waals surface area contributed by atoms with Gasteiger partial charge < -0.3 is 4.74 Å². The topological polar surface area (TPSA) is 45.9 Å². The highest BCUT2D eigenvalue weighted by molar-refractivity contribution is 6.30. The van der Waals surface area contributed by atoms with Gasteiger partial charge in [-0.3, -0.25) is 0 Å². The number of hydrogen-bond acceptors (Lipinski definition) is 3. The van der Waals surface area contributed by atoms with Crippen LogP contribution in [0.3, 0.4) is 0 Å². The summed E-state index contributed by atoms with van der Waals surface area (Å²) < 4.78 is 43.8. The third kappa shape index (κ3) is 3.95. The van der Waals surface area contributed by atoms with Crippen LogP contribution in [0, 0.1) is 11.3 Å². The smallest absolute Gasteiger partial charge is 0.416 e. The Morgan fingerprint density at radius 1 is 1.00 bits per heavy atom. The summed E-state index contributed by atoms with van der Waals surface area (Å²) in [6.07, 6.45) is -3.02. The lowest BCUT2D eigenvalue weighted by atomic mass is 10.1. The lowest BCUT2D eigenvalue weighted by molar-refractivity contribution is -0.137. The van der Waals surface area contributed by atoms with E-state index in [-0.39, 0.29) is 17.2 Å². The zero-order valence-corrected chi connectivity index (χ0v) is 13.8. The van der Waals surface area contributed by atoms with Gasteiger partial charge in [-0.2, -0.15) is 18.4 Å². The van der Waals surface area contributed by atoms with Crippen LogP contribution >= 0.6 is 11.6 Å². The molecule has 26 heavy (non-hydrogen) atoms. The SMILES string of the molecule is N#Cc1cc(-c2cccc(Cl)c2)cnc1Oc1cccc(C(F)(F)F)c1. The lowest BCUT2D eigenvalue weighted by Gasteiger charge is -2.11. The quantitative estimate of drug-likeness (QED) is 0.557. The number of pyridine rings is 1. The van der Waals surface area contributed by atoms with Crippen molar-refractivity contribution in [2.75, 3.05) is 0 Å². The third-order valence-corrected chi connectivity index (χ3v) is 3.74. The molecule has 0 amide bonds. The van der Waals surface area contributed by atoms with Crippen molar-refractivity contribution in [3.05, 3.63) is 76.9 Å². The first-order valence-corrected chi connectivity index (χ1v) is 7.76. The Morgan fingerprint density at radius 3 is 2.46 bits per heavy atom. The van der Waals surface area contributed by atoms with Crippen LogP contribution in [0.15, 0.2) is 60.8 Å². The molecule has 1 aromatic heterocycles. The lowest BCUT2D eigenvalue weighted by Crippen LogP contribution is -2.04. The fraction of sp³-hybridized carbons (Fsp3) is 0.0526. The van der Waals surface area contributed by atoms with Gasteiger partial charge in [0.2, 0.25) is 5.88 Å². The number of ether oxygens (including phenoxy) is 1. The Morgan fingerprint density at radius 2 is 1.77 bits per heavy atom. The van der Waals surface area contributed by atoms with E-state index in [9.17, 15) is 18.4 Å². The maximum Gasteiger partial charge on any atom is 0.416 e. The third-order valence-electron chi connectivity index (χ3n) is 3.51. The van der Waals surface area contributed by atoms with Crippen LogP contribution in [0.2, 0.25) is 5.02 Å². The molecular weight excluding hydrogens is 365 g/mol. The average Bonchev–Trinajstić information content (AvgIpc) is 2.61. The van der Waals surface area contributed by atoms with Gasteiger partial charge in [0.15, 0.2) is 0 Å². The molecule has 0 radical (unpaired) electrons. The maximum absolute atomic E-state index is 12.8. The van der Waals surface area contributed by atoms with Gasteiger partial charge in [0.05, 0.1) is 5.56 Å². The second kappa shape index (κ2) is 7.06. The first kappa shape index (κ1) is 17.8. The standard InChI is InChI=1S/C19H10ClF3N2O/c20-16-5-1-3-12(8-16)14-7-13(10-24)18(25-11-14)26-17-6-2-4-15(9-17)19(21,22)23/h1-9,11H. The number of aromatic nitrogens is 1. The van der Waals surface area contributed by atoms with E-state index >= 15 is 0 Å². The monoisotopic (exact) mass is 374 g/mol. The molecular formula is C19H10ClF3N2O. The molecule has 3 nitrogen and oxygen atoms in total. The van der Waals surface area contributed by atoms with E-state index in [1.807, 2.05) is 6.07 Å². The summed E-state index contributed by atoms with van der Waals surface area (Å²) in [5.74, 6) is -0.128. The summed E-state index contributed by atoms with van der Waals surface area (Å²) >= 11 is 5.96. The minimum atomic E-state index is -4.48. The van der Waals surface area contributed by atoms with Crippen LogP contribution in [0.1, 0.15) is 11.1 Å². The zero-order chi connectivity index (χ0) is 18.7. The number of benzene rings is 2. The Hall–Kier alpha value is -3.04. The van der Waals surface area contributed by atoms with E-state index in [1.165, 1.54) is 18.3 Å². The highest BCUT2D eigenvalue weighted by Crippen LogP contribution is 2.33. The molecule has 0 atom stereocenters. The van der Waals surface area contributed by atoms with Crippen LogP contribution in [-0.2, 0) is 6.18 Å². The largest absolute Gasteiger partial charge is 0.438 e. The molecule has 0 saturated heterocycles. The number of halogens is 4. The van der Waals surface area contributed by atoms with E-state index in [1.54, 1.807) is 30.3 Å². The van der Waals surface area contributed by atoms with Crippen molar-refractivity contribution in [2.45, 2.75) is 6.18 Å². The Labute approximate surface area is 152 Å². The molecule has 0 fully saturated rings. The van der Waals surface area contributed by atoms with Crippen molar-refractivity contribution in [3.63, 3.8) is 0 Å². The number of alkyl halides is 3. The van der Waals surface area contributed by atoms with E-state index in [0.717, 1.165) is 17.7 Å². The minimum Gasteiger partial charge on any atom is -0.438 e. The number of nitrogens with zero attached hydrogens (tertiary/aromatic N) is 2. The number of rotatable bonds is 3. The molecule has 0 bridgehead atoms. The summed E-state index contributed by atoms with van der Waals surface area (Å²) in [5, 5.41) is 9.86. The van der Waals surface area contributed by atoms with Gasteiger partial charge >= 0.3 is 6.18 Å². The second-order valence-electron chi connectivity index (χ2n) is 5.33. The van der Waals surface area contributed by atoms with Crippen molar-refractivity contribution >= 4 is 11.6 Å². The summed E-state index contributed by atoms with van der Waals surface area (Å²) in [7, 11) is 0. The first-order chi connectivity index (χ1) is 12.4. The molecule has 0 aliphatic carbocycles. The van der Waals surface area contributed by atoms with Crippen molar-refractivity contribution in [1.82, 2.24) is 4.98 Å². The number of nitriles is 1. The van der Waals surface area contributed by atoms with Gasteiger partial charge in [0, 0.05) is 16.8 Å². The normalized spacial score (nSPS) is 11.0. The highest BCUT2D eigenvalue weighted by Gasteiger charge is 2.30. The fourth-order valence-corrected chi connectivity index (χ4v) is 2.48. The molecule has 0 aliphatic heterocycles. The van der Waals surface area contributed by atoms with Crippen LogP contribution in [0.5, 0.6) is 11.6 Å². The molecule has 1 heterocycles. The Bertz CT molecular complexity index is 997. The Kier molecular flexibility index (Phi) is 4.83. The van der Waals surface area contributed by atoms with E-state index in [0.29, 0.717) is 10.6 Å². The molecule has 7 heteroatoms. The maximum atomic E-state index is 12.8. The molecule has 3 aromatic rings. The van der Waals surface area contributed by atoms with Crippen molar-refractivity contribution in [3.8, 4) is 28.8 Å². The zero-order valence-electron chi connectivity index (χ0n) is 13.1. The molecule has 0 saturated carbocycles. The van der Waals surface area contributed by atoms with Crippen LogP contribution < -0.4 is 4.74 Å². The molecule has 130 valence electrons. The van der Waals surface area contributed by atoms with Crippen LogP contribution in [0.25, 0.3) is 11.1 Å². The summed E-state index contributed by atoms with van der Waals surface area (Å²) in [4.78, 5) is 4.07. The highest BCUT2D eigenvalue weighted by atomic mass is 35.5. The number of hydrogen-bond donors (Lipinski definition) is 0. The Balaban J connectivity index is 1.93. The van der Waals surface area contributed by atoms with E-state index < -0.39 is 11.7 Å². The summed E-state index contributed by atoms with van der Waals surface area (Å²) in [6.45, 7) is 0. The predicted molar refractivity (Wildman–Crippen MR) is 90.9 cm³/mol. The minimum absolute atomic E-state index is 0.0562. The molecule has 2 aromatic carbocycles. The average molecular weight is 375 g/mol. The van der Waals surface area contributed by atoms with Crippen molar-refractivity contribution in [2.24, 2.45) is 0 Å². The molecule has 0 spiro atoms. The van der Waals surface area contributed by atoms with Crippen LogP contribution in [-0.4, -0.2) is 4.98 Å².